The zero-order chi connectivity index (χ0) is 12.3. The number of rotatable bonds is 4. The van der Waals surface area contributed by atoms with E-state index in [1.807, 2.05) is 0 Å². The Hall–Kier alpha value is -0.380. The number of halogens is 1. The topological polar surface area (TPSA) is 21.3 Å². The van der Waals surface area contributed by atoms with Gasteiger partial charge in [0, 0.05) is 23.7 Å². The molecule has 3 heteroatoms. The highest BCUT2D eigenvalue weighted by Crippen LogP contribution is 2.24. The molecule has 1 N–H and O–H groups in total. The Morgan fingerprint density at radius 1 is 1.47 bits per heavy atom. The summed E-state index contributed by atoms with van der Waals surface area (Å²) in [6.45, 7) is 2.96. The van der Waals surface area contributed by atoms with Crippen LogP contribution >= 0.6 is 15.9 Å². The second-order valence-electron chi connectivity index (χ2n) is 4.88. The molecular formula is C14H20BrNO. The van der Waals surface area contributed by atoms with Gasteiger partial charge in [0.25, 0.3) is 0 Å². The van der Waals surface area contributed by atoms with Crippen LogP contribution in [0, 0.1) is 0 Å². The highest BCUT2D eigenvalue weighted by molar-refractivity contribution is 9.10. The van der Waals surface area contributed by atoms with Crippen LogP contribution in [-0.2, 0) is 17.6 Å². The van der Waals surface area contributed by atoms with E-state index in [0.29, 0.717) is 12.1 Å². The maximum Gasteiger partial charge on any atom is 0.0613 e. The van der Waals surface area contributed by atoms with Crippen molar-refractivity contribution in [1.82, 2.24) is 5.32 Å². The van der Waals surface area contributed by atoms with E-state index in [1.165, 1.54) is 28.4 Å². The van der Waals surface area contributed by atoms with Gasteiger partial charge in [-0.05, 0) is 49.4 Å². The highest BCUT2D eigenvalue weighted by Gasteiger charge is 2.19. The molecule has 0 spiro atoms. The van der Waals surface area contributed by atoms with Crippen molar-refractivity contribution in [2.24, 2.45) is 0 Å². The number of hydrogen-bond donors (Lipinski definition) is 1. The van der Waals surface area contributed by atoms with E-state index in [4.69, 9.17) is 4.74 Å². The monoisotopic (exact) mass is 297 g/mol. The van der Waals surface area contributed by atoms with Crippen LogP contribution in [-0.4, -0.2) is 25.8 Å². The summed E-state index contributed by atoms with van der Waals surface area (Å²) < 4.78 is 6.35. The molecule has 1 aliphatic carbocycles. The van der Waals surface area contributed by atoms with Crippen LogP contribution < -0.4 is 5.32 Å². The SMILES string of the molecule is COCC(C)NC1CCc2cc(Br)ccc2C1. The van der Waals surface area contributed by atoms with Gasteiger partial charge >= 0.3 is 0 Å². The number of nitrogens with one attached hydrogen (secondary N) is 1. The summed E-state index contributed by atoms with van der Waals surface area (Å²) >= 11 is 3.53. The van der Waals surface area contributed by atoms with Crippen LogP contribution in [0.4, 0.5) is 0 Å². The fourth-order valence-electron chi connectivity index (χ4n) is 2.57. The van der Waals surface area contributed by atoms with Crippen molar-refractivity contribution in [2.45, 2.75) is 38.3 Å². The Balaban J connectivity index is 1.96. The largest absolute Gasteiger partial charge is 0.383 e. The zero-order valence-corrected chi connectivity index (χ0v) is 12.1. The van der Waals surface area contributed by atoms with Crippen molar-refractivity contribution in [3.8, 4) is 0 Å². The van der Waals surface area contributed by atoms with Gasteiger partial charge in [0.05, 0.1) is 6.61 Å². The summed E-state index contributed by atoms with van der Waals surface area (Å²) in [5.41, 5.74) is 2.98. The summed E-state index contributed by atoms with van der Waals surface area (Å²) in [5.74, 6) is 0. The lowest BCUT2D eigenvalue weighted by Gasteiger charge is -2.28. The van der Waals surface area contributed by atoms with Gasteiger partial charge in [-0.3, -0.25) is 0 Å². The van der Waals surface area contributed by atoms with Gasteiger partial charge in [-0.15, -0.1) is 0 Å². The normalized spacial score (nSPS) is 21.0. The standard InChI is InChI=1S/C14H20BrNO/c1-10(9-17-2)16-14-6-4-11-7-13(15)5-3-12(11)8-14/h3,5,7,10,14,16H,4,6,8-9H2,1-2H3. The molecule has 94 valence electrons. The van der Waals surface area contributed by atoms with Crippen LogP contribution in [0.1, 0.15) is 24.5 Å². The smallest absolute Gasteiger partial charge is 0.0613 e. The summed E-state index contributed by atoms with van der Waals surface area (Å²) in [7, 11) is 1.76. The molecule has 0 fully saturated rings. The van der Waals surface area contributed by atoms with Gasteiger partial charge in [0.15, 0.2) is 0 Å². The fourth-order valence-corrected chi connectivity index (χ4v) is 2.97. The van der Waals surface area contributed by atoms with Gasteiger partial charge in [-0.1, -0.05) is 22.0 Å². The third-order valence-corrected chi connectivity index (χ3v) is 3.83. The second kappa shape index (κ2) is 5.98. The van der Waals surface area contributed by atoms with Crippen LogP contribution in [0.5, 0.6) is 0 Å². The summed E-state index contributed by atoms with van der Waals surface area (Å²) in [6.07, 6.45) is 3.53. The fraction of sp³-hybridized carbons (Fsp3) is 0.571. The quantitative estimate of drug-likeness (QED) is 0.923. The Bertz CT molecular complexity index is 380. The minimum absolute atomic E-state index is 0.432. The van der Waals surface area contributed by atoms with Gasteiger partial charge in [-0.25, -0.2) is 0 Å². The molecule has 2 atom stereocenters. The van der Waals surface area contributed by atoms with Crippen molar-refractivity contribution in [3.05, 3.63) is 33.8 Å². The molecule has 1 aromatic rings. The van der Waals surface area contributed by atoms with Gasteiger partial charge in [0.2, 0.25) is 0 Å². The molecule has 0 aliphatic heterocycles. The number of ether oxygens (including phenoxy) is 1. The predicted octanol–water partition coefficient (Wildman–Crippen LogP) is 2.93. The molecular weight excluding hydrogens is 278 g/mol. The Labute approximate surface area is 112 Å². The molecule has 0 bridgehead atoms. The van der Waals surface area contributed by atoms with E-state index in [2.05, 4.69) is 46.4 Å². The lowest BCUT2D eigenvalue weighted by molar-refractivity contribution is 0.165. The van der Waals surface area contributed by atoms with E-state index < -0.39 is 0 Å². The molecule has 17 heavy (non-hydrogen) atoms. The number of benzene rings is 1. The van der Waals surface area contributed by atoms with E-state index in [-0.39, 0.29) is 0 Å². The first-order valence-corrected chi connectivity index (χ1v) is 7.00. The minimum Gasteiger partial charge on any atom is -0.383 e. The molecule has 2 nitrogen and oxygen atoms in total. The molecule has 0 radical (unpaired) electrons. The van der Waals surface area contributed by atoms with E-state index in [9.17, 15) is 0 Å². The molecule has 0 amide bonds. The average molecular weight is 298 g/mol. The van der Waals surface area contributed by atoms with Crippen molar-refractivity contribution in [1.29, 1.82) is 0 Å². The summed E-state index contributed by atoms with van der Waals surface area (Å²) in [6, 6.07) is 7.66. The first-order chi connectivity index (χ1) is 8.19. The van der Waals surface area contributed by atoms with E-state index >= 15 is 0 Å². The maximum absolute atomic E-state index is 5.16. The van der Waals surface area contributed by atoms with Crippen molar-refractivity contribution in [2.75, 3.05) is 13.7 Å². The Morgan fingerprint density at radius 2 is 2.29 bits per heavy atom. The molecule has 2 unspecified atom stereocenters. The predicted molar refractivity (Wildman–Crippen MR) is 74.4 cm³/mol. The van der Waals surface area contributed by atoms with E-state index in [0.717, 1.165) is 13.0 Å². The Kier molecular flexibility index (Phi) is 4.60. The molecule has 0 heterocycles. The third kappa shape index (κ3) is 3.54. The number of aryl methyl sites for hydroxylation is 1. The van der Waals surface area contributed by atoms with Crippen molar-refractivity contribution >= 4 is 15.9 Å². The van der Waals surface area contributed by atoms with Crippen LogP contribution in [0.15, 0.2) is 22.7 Å². The molecule has 1 aromatic carbocycles. The molecule has 0 saturated carbocycles. The molecule has 1 aliphatic rings. The zero-order valence-electron chi connectivity index (χ0n) is 10.5. The van der Waals surface area contributed by atoms with Gasteiger partial charge in [-0.2, -0.15) is 0 Å². The number of hydrogen-bond acceptors (Lipinski definition) is 2. The lowest BCUT2D eigenvalue weighted by Crippen LogP contribution is -2.42. The number of methoxy groups -OCH3 is 1. The summed E-state index contributed by atoms with van der Waals surface area (Å²) in [5, 5.41) is 3.64. The van der Waals surface area contributed by atoms with Crippen molar-refractivity contribution in [3.63, 3.8) is 0 Å². The molecule has 2 rings (SSSR count). The minimum atomic E-state index is 0.432. The highest BCUT2D eigenvalue weighted by atomic mass is 79.9. The lowest BCUT2D eigenvalue weighted by atomic mass is 9.88. The number of fused-ring (bicyclic) bond motifs is 1. The molecule has 0 aromatic heterocycles. The van der Waals surface area contributed by atoms with Gasteiger partial charge in [0.1, 0.15) is 0 Å². The Morgan fingerprint density at radius 3 is 3.06 bits per heavy atom. The summed E-state index contributed by atoms with van der Waals surface area (Å²) in [4.78, 5) is 0. The van der Waals surface area contributed by atoms with E-state index in [1.54, 1.807) is 7.11 Å². The van der Waals surface area contributed by atoms with Crippen LogP contribution in [0.25, 0.3) is 0 Å². The van der Waals surface area contributed by atoms with Crippen LogP contribution in [0.2, 0.25) is 0 Å². The first kappa shape index (κ1) is 13.1. The first-order valence-electron chi connectivity index (χ1n) is 6.21. The van der Waals surface area contributed by atoms with Gasteiger partial charge < -0.3 is 10.1 Å². The molecule has 0 saturated heterocycles. The second-order valence-corrected chi connectivity index (χ2v) is 5.79. The van der Waals surface area contributed by atoms with Crippen LogP contribution in [0.3, 0.4) is 0 Å². The maximum atomic E-state index is 5.16. The average Bonchev–Trinajstić information content (AvgIpc) is 2.29. The van der Waals surface area contributed by atoms with Crippen molar-refractivity contribution < 1.29 is 4.74 Å². The third-order valence-electron chi connectivity index (χ3n) is 3.33.